The van der Waals surface area contributed by atoms with Gasteiger partial charge in [-0.15, -0.1) is 0 Å². The molecule has 0 saturated carbocycles. The second-order valence-corrected chi connectivity index (χ2v) is 22.8. The van der Waals surface area contributed by atoms with E-state index in [1.165, 1.54) is 0 Å². The maximum atomic E-state index is 13.5. The number of fused-ring (bicyclic) bond motifs is 8. The molecule has 3 aromatic heterocycles. The lowest BCUT2D eigenvalue weighted by Gasteiger charge is -2.19. The summed E-state index contributed by atoms with van der Waals surface area (Å²) in [5.74, 6) is -5.37. The van der Waals surface area contributed by atoms with Crippen molar-refractivity contribution in [1.29, 1.82) is 5.41 Å². The number of nitrogens with two attached hydrogens (primary N) is 1. The number of rotatable bonds is 31. The summed E-state index contributed by atoms with van der Waals surface area (Å²) in [6, 6.07) is 52.7. The fourth-order valence-electron chi connectivity index (χ4n) is 11.1. The highest BCUT2D eigenvalue weighted by atomic mass is 16.5. The molecule has 5 heterocycles. The van der Waals surface area contributed by atoms with Gasteiger partial charge in [0.05, 0.1) is 62.2 Å². The maximum Gasteiger partial charge on any atom is 0.326 e. The van der Waals surface area contributed by atoms with Gasteiger partial charge in [-0.05, 0) is 101 Å². The summed E-state index contributed by atoms with van der Waals surface area (Å²) in [4.78, 5) is 108. The van der Waals surface area contributed by atoms with E-state index in [1.54, 1.807) is 36.4 Å². The first-order valence-electron chi connectivity index (χ1n) is 31.9. The molecule has 13 N–H and O–H groups in total. The van der Waals surface area contributed by atoms with Gasteiger partial charge in [-0.25, -0.2) is 14.8 Å². The molecule has 0 radical (unpaired) electrons. The number of ether oxygens (including phenoxy) is 2. The second-order valence-electron chi connectivity index (χ2n) is 22.8. The summed E-state index contributed by atoms with van der Waals surface area (Å²) < 4.78 is 11.3. The van der Waals surface area contributed by atoms with Crippen LogP contribution in [0.1, 0.15) is 70.8 Å². The molecule has 0 aliphatic carbocycles. The summed E-state index contributed by atoms with van der Waals surface area (Å²) in [5.41, 5.74) is 20.8. The molecule has 8 aromatic rings. The average molecular weight is 1310 g/mol. The highest BCUT2D eigenvalue weighted by Crippen LogP contribution is 2.38. The van der Waals surface area contributed by atoms with E-state index < -0.39 is 60.6 Å². The Morgan fingerprint density at radius 3 is 1.38 bits per heavy atom. The van der Waals surface area contributed by atoms with E-state index in [4.69, 9.17) is 30.6 Å². The molecule has 5 aromatic carbocycles. The van der Waals surface area contributed by atoms with Crippen molar-refractivity contribution in [3.63, 3.8) is 0 Å². The predicted octanol–water partition coefficient (Wildman–Crippen LogP) is 8.12. The molecular weight excluding hydrogens is 1230 g/mol. The third kappa shape index (κ3) is 19.0. The number of carbonyl (C=O) groups excluding carboxylic acids is 6. The second kappa shape index (κ2) is 33.8. The van der Waals surface area contributed by atoms with Crippen LogP contribution in [0.15, 0.2) is 170 Å². The Balaban J connectivity index is 0.701. The maximum absolute atomic E-state index is 13.5. The summed E-state index contributed by atoms with van der Waals surface area (Å²) in [5, 5.41) is 35.0. The van der Waals surface area contributed by atoms with Crippen molar-refractivity contribution in [2.75, 3.05) is 52.6 Å². The predicted molar refractivity (Wildman–Crippen MR) is 373 cm³/mol. The number of nitrogens with zero attached hydrogens (tertiary/aromatic N) is 2. The van der Waals surface area contributed by atoms with E-state index in [9.17, 15) is 38.7 Å². The Bertz CT molecular complexity index is 4330. The van der Waals surface area contributed by atoms with Crippen LogP contribution in [0.2, 0.25) is 0 Å². The number of hydrogen-bond donors (Lipinski definition) is 12. The van der Waals surface area contributed by atoms with E-state index in [0.717, 1.165) is 94.9 Å². The molecule has 0 unspecified atom stereocenters. The van der Waals surface area contributed by atoms with Gasteiger partial charge >= 0.3 is 5.97 Å². The lowest BCUT2D eigenvalue weighted by atomic mass is 10.0. The number of carbonyl (C=O) groups is 7. The monoisotopic (exact) mass is 1310 g/mol. The van der Waals surface area contributed by atoms with Crippen LogP contribution in [0.25, 0.3) is 90.9 Å². The fourth-order valence-corrected chi connectivity index (χ4v) is 11.1. The Hall–Kier alpha value is -11.8. The van der Waals surface area contributed by atoms with E-state index in [0.29, 0.717) is 5.56 Å². The number of amides is 6. The highest BCUT2D eigenvalue weighted by molar-refractivity contribution is 6.01. The van der Waals surface area contributed by atoms with Crippen LogP contribution in [0.5, 0.6) is 0 Å². The van der Waals surface area contributed by atoms with E-state index in [1.807, 2.05) is 84.9 Å². The van der Waals surface area contributed by atoms with Crippen LogP contribution in [0.4, 0.5) is 0 Å². The molecule has 0 saturated heterocycles. The van der Waals surface area contributed by atoms with E-state index in [2.05, 4.69) is 120 Å². The Morgan fingerprint density at radius 1 is 0.464 bits per heavy atom. The van der Waals surface area contributed by atoms with Gasteiger partial charge in [-0.1, -0.05) is 133 Å². The van der Waals surface area contributed by atoms with Gasteiger partial charge in [0.15, 0.2) is 5.96 Å². The summed E-state index contributed by atoms with van der Waals surface area (Å²) in [7, 11) is 0. The van der Waals surface area contributed by atoms with Gasteiger partial charge in [0.1, 0.15) is 12.1 Å². The zero-order valence-corrected chi connectivity index (χ0v) is 53.1. The summed E-state index contributed by atoms with van der Waals surface area (Å²) in [6.45, 7) is 0.845. The van der Waals surface area contributed by atoms with Crippen molar-refractivity contribution in [1.82, 2.24) is 57.2 Å². The van der Waals surface area contributed by atoms with Gasteiger partial charge in [0.25, 0.3) is 5.91 Å². The van der Waals surface area contributed by atoms with Crippen LogP contribution >= 0.6 is 0 Å². The van der Waals surface area contributed by atoms with Gasteiger partial charge in [-0.3, -0.25) is 34.2 Å². The normalized spacial score (nSPS) is 12.0. The minimum atomic E-state index is -1.58. The van der Waals surface area contributed by atoms with Gasteiger partial charge in [0.2, 0.25) is 29.5 Å². The highest BCUT2D eigenvalue weighted by Gasteiger charge is 2.26. The Morgan fingerprint density at radius 2 is 0.907 bits per heavy atom. The van der Waals surface area contributed by atoms with E-state index in [-0.39, 0.29) is 90.2 Å². The molecular formula is C74H75N13O10. The molecule has 2 atom stereocenters. The molecule has 2 aliphatic heterocycles. The van der Waals surface area contributed by atoms with Gasteiger partial charge in [-0.2, -0.15) is 0 Å². The summed E-state index contributed by atoms with van der Waals surface area (Å²) in [6.07, 6.45) is 7.51. The van der Waals surface area contributed by atoms with Crippen LogP contribution < -0.4 is 43.0 Å². The van der Waals surface area contributed by atoms with Crippen LogP contribution in [-0.4, -0.2) is 137 Å². The number of benzene rings is 5. The number of carboxylic acid groups (broad SMARTS) is 1. The first kappa shape index (κ1) is 68.1. The largest absolute Gasteiger partial charge is 0.480 e. The molecule has 8 bridgehead atoms. The third-order valence-electron chi connectivity index (χ3n) is 15.8. The summed E-state index contributed by atoms with van der Waals surface area (Å²) >= 11 is 0. The number of aromatic amines is 2. The number of guanidine groups is 1. The number of hydrogen-bond acceptors (Lipinski definition) is 12. The van der Waals surface area contributed by atoms with Crippen molar-refractivity contribution >= 4 is 93.7 Å². The molecule has 10 rings (SSSR count). The lowest BCUT2D eigenvalue weighted by Crippen LogP contribution is -2.51. The van der Waals surface area contributed by atoms with Gasteiger partial charge in [0, 0.05) is 88.9 Å². The minimum Gasteiger partial charge on any atom is -0.480 e. The Labute approximate surface area is 559 Å². The number of nitrogens with one attached hydrogen (secondary N) is 10. The molecule has 0 spiro atoms. The topological polar surface area (TPSA) is 350 Å². The molecule has 2 aliphatic rings. The average Bonchev–Trinajstić information content (AvgIpc) is 1.64. The number of H-pyrrole nitrogens is 2. The van der Waals surface area contributed by atoms with Crippen molar-refractivity contribution < 1.29 is 48.1 Å². The van der Waals surface area contributed by atoms with E-state index >= 15 is 0 Å². The zero-order valence-electron chi connectivity index (χ0n) is 53.1. The van der Waals surface area contributed by atoms with Crippen molar-refractivity contribution in [2.24, 2.45) is 5.73 Å². The number of aliphatic carboxylic acids is 1. The molecule has 23 nitrogen and oxygen atoms in total. The fraction of sp³-hybridized carbons (Fsp3) is 0.216. The molecule has 496 valence electrons. The molecule has 6 amide bonds. The van der Waals surface area contributed by atoms with Crippen molar-refractivity contribution in [2.45, 2.75) is 50.7 Å². The van der Waals surface area contributed by atoms with Crippen LogP contribution in [0, 0.1) is 5.41 Å². The van der Waals surface area contributed by atoms with Crippen molar-refractivity contribution in [3.8, 4) is 44.5 Å². The zero-order chi connectivity index (χ0) is 67.9. The SMILES string of the molecule is N=C(N)NCCC[C@H](NC(=O)CCC(=O)NCCOCCOCCNC(=O)c1ccc(-c2c3nc(c(-c4ccccc4)c4ccc([nH]4)c(-c4ccccc4)c4nc(c(-c5ccccc5)c5ccc2[nH]5)C=C4)C=C3)cc1)C(=O)NCC(=O)N[C@@H](CC(=O)NCc1ccccc1)C(=O)O. The van der Waals surface area contributed by atoms with Crippen LogP contribution in [-0.2, 0) is 44.8 Å². The van der Waals surface area contributed by atoms with Crippen LogP contribution in [0.3, 0.4) is 0 Å². The number of aromatic nitrogens is 4. The standard InChI is InChI=1S/C74H75N13O10/c75-74(76)79-37-13-22-61(72(93)81-46-66(91)87-62(73(94)95)44-65(90)80-45-47-14-5-1-6-15-47)86-64(89)36-35-63(88)77-38-40-96-42-43-97-41-39-78-71(92)52-25-23-51(24-26-52)70-59-33-31-57(84-59)68(49-18-9-3-10-19-49)55-29-27-53(82-55)67(48-16-7-2-8-17-48)54-28-30-56(83-54)69(50-20-11-4-12-21-50)58-32-34-60(70)85-58/h1-12,14-21,23-34,61-62,82,85H,13,22,35-46H2,(H,77,88)(H,78,92)(H,80,90)(H,81,93)(H,86,89)(H,87,91)(H,94,95)(H4,75,76,79)/t61-,62-/m0/s1. The molecule has 23 heteroatoms. The van der Waals surface area contributed by atoms with Crippen molar-refractivity contribution in [3.05, 3.63) is 204 Å². The molecule has 0 fully saturated rings. The first-order chi connectivity index (χ1) is 47.2. The quantitative estimate of drug-likeness (QED) is 0.0111. The minimum absolute atomic E-state index is 0.0549. The Kier molecular flexibility index (Phi) is 23.7. The third-order valence-corrected chi connectivity index (χ3v) is 15.8. The van der Waals surface area contributed by atoms with Gasteiger partial charge < -0.3 is 67.5 Å². The first-order valence-corrected chi connectivity index (χ1v) is 31.9. The molecule has 97 heavy (non-hydrogen) atoms. The lowest BCUT2D eigenvalue weighted by molar-refractivity contribution is -0.143. The smallest absolute Gasteiger partial charge is 0.326 e. The number of carboxylic acids is 1.